The second kappa shape index (κ2) is 5.57. The molecule has 0 unspecified atom stereocenters. The summed E-state index contributed by atoms with van der Waals surface area (Å²) in [7, 11) is -2.65. The van der Waals surface area contributed by atoms with Crippen molar-refractivity contribution >= 4 is 39.3 Å². The van der Waals surface area contributed by atoms with Crippen LogP contribution < -0.4 is 10.6 Å². The fourth-order valence-corrected chi connectivity index (χ4v) is 2.07. The molecule has 0 saturated carbocycles. The first-order chi connectivity index (χ1) is 9.38. The Bertz CT molecular complexity index is 737. The highest BCUT2D eigenvalue weighted by Gasteiger charge is 2.10. The van der Waals surface area contributed by atoms with Gasteiger partial charge >= 0.3 is 0 Å². The summed E-state index contributed by atoms with van der Waals surface area (Å²) < 4.78 is 31.1. The maximum Gasteiger partial charge on any atom is 0.294 e. The lowest BCUT2D eigenvalue weighted by Crippen LogP contribution is -2.04. The maximum absolute atomic E-state index is 11.0. The molecule has 0 atom stereocenters. The zero-order valence-electron chi connectivity index (χ0n) is 10.2. The van der Waals surface area contributed by atoms with Gasteiger partial charge in [-0.1, -0.05) is 6.07 Å². The first-order valence-electron chi connectivity index (χ1n) is 5.32. The molecule has 10 heteroatoms. The van der Waals surface area contributed by atoms with Crippen LogP contribution in [0.4, 0.5) is 17.6 Å². The maximum atomic E-state index is 11.0. The quantitative estimate of drug-likeness (QED) is 0.728. The normalized spacial score (nSPS) is 11.2. The molecule has 20 heavy (non-hydrogen) atoms. The molecule has 0 spiro atoms. The molecule has 0 fully saturated rings. The molecular formula is C10H10ClN5O3S. The first kappa shape index (κ1) is 14.4. The molecule has 106 valence electrons. The Morgan fingerprint density at radius 3 is 2.55 bits per heavy atom. The third-order valence-corrected chi connectivity index (χ3v) is 3.24. The molecule has 0 aliphatic heterocycles. The number of hydrogen-bond acceptors (Lipinski definition) is 7. The van der Waals surface area contributed by atoms with Crippen LogP contribution in [-0.2, 0) is 10.1 Å². The molecule has 1 heterocycles. The molecule has 0 saturated heterocycles. The summed E-state index contributed by atoms with van der Waals surface area (Å²) >= 11 is 5.72. The van der Waals surface area contributed by atoms with Gasteiger partial charge in [-0.15, -0.1) is 0 Å². The number of hydrogen-bond donors (Lipinski definition) is 3. The summed E-state index contributed by atoms with van der Waals surface area (Å²) in [4.78, 5) is 11.4. The number of anilines is 3. The smallest absolute Gasteiger partial charge is 0.294 e. The van der Waals surface area contributed by atoms with E-state index in [1.807, 2.05) is 0 Å². The van der Waals surface area contributed by atoms with Crippen molar-refractivity contribution < 1.29 is 13.0 Å². The Balaban J connectivity index is 2.33. The lowest BCUT2D eigenvalue weighted by atomic mass is 10.3. The highest BCUT2D eigenvalue weighted by atomic mass is 35.5. The van der Waals surface area contributed by atoms with Gasteiger partial charge in [0.1, 0.15) is 0 Å². The van der Waals surface area contributed by atoms with E-state index in [-0.39, 0.29) is 22.1 Å². The van der Waals surface area contributed by atoms with E-state index in [4.69, 9.17) is 16.2 Å². The lowest BCUT2D eigenvalue weighted by Gasteiger charge is -2.07. The largest absolute Gasteiger partial charge is 0.357 e. The van der Waals surface area contributed by atoms with Crippen molar-refractivity contribution in [2.75, 3.05) is 17.7 Å². The molecule has 0 radical (unpaired) electrons. The Morgan fingerprint density at radius 1 is 1.20 bits per heavy atom. The zero-order chi connectivity index (χ0) is 14.8. The number of nitrogens with zero attached hydrogens (tertiary/aromatic N) is 3. The lowest BCUT2D eigenvalue weighted by molar-refractivity contribution is 0.483. The van der Waals surface area contributed by atoms with Crippen molar-refractivity contribution in [3.63, 3.8) is 0 Å². The van der Waals surface area contributed by atoms with Crippen molar-refractivity contribution in [3.05, 3.63) is 29.5 Å². The van der Waals surface area contributed by atoms with Gasteiger partial charge in [-0.25, -0.2) is 0 Å². The molecule has 0 bridgehead atoms. The van der Waals surface area contributed by atoms with Gasteiger partial charge < -0.3 is 10.6 Å². The van der Waals surface area contributed by atoms with E-state index in [0.717, 1.165) is 0 Å². The second-order valence-corrected chi connectivity index (χ2v) is 5.39. The van der Waals surface area contributed by atoms with Crippen LogP contribution in [-0.4, -0.2) is 35.0 Å². The number of benzene rings is 1. The van der Waals surface area contributed by atoms with E-state index in [2.05, 4.69) is 25.6 Å². The molecule has 0 aliphatic carbocycles. The minimum absolute atomic E-state index is 0.0159. The molecule has 3 N–H and O–H groups in total. The van der Waals surface area contributed by atoms with Gasteiger partial charge in [-0.2, -0.15) is 23.4 Å². The minimum atomic E-state index is -4.27. The van der Waals surface area contributed by atoms with Crippen LogP contribution >= 0.6 is 11.6 Å². The molecule has 0 amide bonds. The van der Waals surface area contributed by atoms with E-state index in [1.54, 1.807) is 13.1 Å². The van der Waals surface area contributed by atoms with Crippen LogP contribution in [0.25, 0.3) is 0 Å². The van der Waals surface area contributed by atoms with Gasteiger partial charge in [0.25, 0.3) is 10.1 Å². The third-order valence-electron chi connectivity index (χ3n) is 2.22. The summed E-state index contributed by atoms with van der Waals surface area (Å²) in [6.07, 6.45) is 0. The van der Waals surface area contributed by atoms with Gasteiger partial charge in [-0.05, 0) is 29.8 Å². The van der Waals surface area contributed by atoms with Crippen molar-refractivity contribution in [2.45, 2.75) is 4.90 Å². The highest BCUT2D eigenvalue weighted by molar-refractivity contribution is 7.85. The van der Waals surface area contributed by atoms with E-state index < -0.39 is 10.1 Å². The molecule has 1 aromatic carbocycles. The summed E-state index contributed by atoms with van der Waals surface area (Å²) in [5.74, 6) is 0.403. The van der Waals surface area contributed by atoms with Crippen molar-refractivity contribution in [2.24, 2.45) is 0 Å². The summed E-state index contributed by atoms with van der Waals surface area (Å²) in [6.45, 7) is 0. The Hall–Kier alpha value is -1.97. The van der Waals surface area contributed by atoms with Crippen LogP contribution in [0.5, 0.6) is 0 Å². The minimum Gasteiger partial charge on any atom is -0.357 e. The molecule has 1 aromatic heterocycles. The second-order valence-electron chi connectivity index (χ2n) is 3.63. The predicted molar refractivity (Wildman–Crippen MR) is 73.9 cm³/mol. The van der Waals surface area contributed by atoms with Gasteiger partial charge in [0.15, 0.2) is 0 Å². The molecular weight excluding hydrogens is 306 g/mol. The number of nitrogens with one attached hydrogen (secondary N) is 2. The van der Waals surface area contributed by atoms with E-state index in [0.29, 0.717) is 5.69 Å². The Morgan fingerprint density at radius 2 is 1.90 bits per heavy atom. The standard InChI is InChI=1S/C10H10ClN5O3S/c1-12-9-14-8(11)15-10(16-9)13-6-3-2-4-7(5-6)20(17,18)19/h2-5H,1H3,(H,17,18,19)(H2,12,13,14,15,16). The van der Waals surface area contributed by atoms with E-state index in [1.165, 1.54) is 18.2 Å². The summed E-state index contributed by atoms with van der Waals surface area (Å²) in [5.41, 5.74) is 0.379. The summed E-state index contributed by atoms with van der Waals surface area (Å²) in [6, 6.07) is 5.56. The molecule has 2 aromatic rings. The SMILES string of the molecule is CNc1nc(Cl)nc(Nc2cccc(S(=O)(=O)O)c2)n1. The Kier molecular flexibility index (Phi) is 4.02. The van der Waals surface area contributed by atoms with Crippen LogP contribution in [0.1, 0.15) is 0 Å². The van der Waals surface area contributed by atoms with E-state index >= 15 is 0 Å². The monoisotopic (exact) mass is 315 g/mol. The zero-order valence-corrected chi connectivity index (χ0v) is 11.8. The van der Waals surface area contributed by atoms with Gasteiger partial charge in [-0.3, -0.25) is 4.55 Å². The van der Waals surface area contributed by atoms with Crippen LogP contribution in [0, 0.1) is 0 Å². The molecule has 8 nitrogen and oxygen atoms in total. The molecule has 0 aliphatic rings. The van der Waals surface area contributed by atoms with Crippen molar-refractivity contribution in [1.82, 2.24) is 15.0 Å². The van der Waals surface area contributed by atoms with Crippen molar-refractivity contribution in [3.8, 4) is 0 Å². The van der Waals surface area contributed by atoms with E-state index in [9.17, 15) is 8.42 Å². The fraction of sp³-hybridized carbons (Fsp3) is 0.100. The van der Waals surface area contributed by atoms with Crippen LogP contribution in [0.2, 0.25) is 5.28 Å². The number of rotatable bonds is 4. The van der Waals surface area contributed by atoms with Gasteiger partial charge in [0, 0.05) is 12.7 Å². The summed E-state index contributed by atoms with van der Waals surface area (Å²) in [5, 5.41) is 5.46. The third kappa shape index (κ3) is 3.53. The average molecular weight is 316 g/mol. The predicted octanol–water partition coefficient (Wildman–Crippen LogP) is 1.56. The highest BCUT2D eigenvalue weighted by Crippen LogP contribution is 2.19. The first-order valence-corrected chi connectivity index (χ1v) is 7.14. The van der Waals surface area contributed by atoms with Gasteiger partial charge in [0.2, 0.25) is 17.2 Å². The van der Waals surface area contributed by atoms with Crippen LogP contribution in [0.3, 0.4) is 0 Å². The number of aromatic nitrogens is 3. The van der Waals surface area contributed by atoms with Crippen molar-refractivity contribution in [1.29, 1.82) is 0 Å². The van der Waals surface area contributed by atoms with Crippen LogP contribution in [0.15, 0.2) is 29.2 Å². The molecule has 2 rings (SSSR count). The topological polar surface area (TPSA) is 117 Å². The average Bonchev–Trinajstić information content (AvgIpc) is 2.37. The fourth-order valence-electron chi connectivity index (χ4n) is 1.38. The van der Waals surface area contributed by atoms with Gasteiger partial charge in [0.05, 0.1) is 4.90 Å². The number of halogens is 1. The Labute approximate surface area is 120 Å².